The van der Waals surface area contributed by atoms with Crippen molar-refractivity contribution in [2.24, 2.45) is 0 Å². The number of anilines is 1. The molecule has 0 bridgehead atoms. The van der Waals surface area contributed by atoms with Gasteiger partial charge in [0.2, 0.25) is 0 Å². The van der Waals surface area contributed by atoms with E-state index in [2.05, 4.69) is 16.3 Å². The monoisotopic (exact) mass is 262 g/mol. The Morgan fingerprint density at radius 2 is 1.95 bits per heavy atom. The second-order valence-corrected chi connectivity index (χ2v) is 5.27. The number of benzene rings is 1. The number of nitrogens with zero attached hydrogens (tertiary/aromatic N) is 1. The van der Waals surface area contributed by atoms with Crippen LogP contribution in [-0.2, 0) is 0 Å². The van der Waals surface area contributed by atoms with Crippen LogP contribution in [0.1, 0.15) is 30.9 Å². The van der Waals surface area contributed by atoms with Crippen molar-refractivity contribution in [2.75, 3.05) is 39.2 Å². The number of ether oxygens (including phenoxy) is 2. The van der Waals surface area contributed by atoms with Gasteiger partial charge in [0.15, 0.2) is 0 Å². The van der Waals surface area contributed by atoms with E-state index in [1.807, 2.05) is 6.07 Å². The van der Waals surface area contributed by atoms with Crippen LogP contribution in [0.4, 0.5) is 5.69 Å². The van der Waals surface area contributed by atoms with Crippen LogP contribution in [0.25, 0.3) is 0 Å². The Hall–Kier alpha value is -1.42. The van der Waals surface area contributed by atoms with Gasteiger partial charge in [-0.1, -0.05) is 0 Å². The molecule has 4 nitrogen and oxygen atoms in total. The third-order valence-corrected chi connectivity index (χ3v) is 4.22. The summed E-state index contributed by atoms with van der Waals surface area (Å²) in [6, 6.07) is 4.62. The molecule has 0 aliphatic carbocycles. The number of nitrogens with one attached hydrogen (secondary N) is 1. The normalized spacial score (nSPS) is 22.7. The molecule has 0 radical (unpaired) electrons. The molecule has 3 rings (SSSR count). The lowest BCUT2D eigenvalue weighted by molar-refractivity contribution is 0.233. The van der Waals surface area contributed by atoms with E-state index in [-0.39, 0.29) is 0 Å². The van der Waals surface area contributed by atoms with E-state index in [1.165, 1.54) is 31.5 Å². The summed E-state index contributed by atoms with van der Waals surface area (Å²) in [4.78, 5) is 2.60. The molecule has 104 valence electrons. The minimum Gasteiger partial charge on any atom is -0.497 e. The summed E-state index contributed by atoms with van der Waals surface area (Å²) in [5.74, 6) is 1.77. The largest absolute Gasteiger partial charge is 0.497 e. The summed E-state index contributed by atoms with van der Waals surface area (Å²) in [6.45, 7) is 3.43. The van der Waals surface area contributed by atoms with Gasteiger partial charge in [-0.2, -0.15) is 0 Å². The van der Waals surface area contributed by atoms with E-state index in [9.17, 15) is 0 Å². The highest BCUT2D eigenvalue weighted by Crippen LogP contribution is 2.43. The molecular weight excluding hydrogens is 240 g/mol. The third kappa shape index (κ3) is 2.25. The maximum Gasteiger partial charge on any atom is 0.145 e. The molecule has 1 aromatic carbocycles. The number of rotatable bonds is 3. The van der Waals surface area contributed by atoms with Crippen molar-refractivity contribution in [2.45, 2.75) is 25.3 Å². The van der Waals surface area contributed by atoms with Crippen molar-refractivity contribution in [3.63, 3.8) is 0 Å². The molecule has 1 atom stereocenters. The molecule has 2 heterocycles. The Balaban J connectivity index is 2.01. The average molecular weight is 262 g/mol. The van der Waals surface area contributed by atoms with E-state index in [0.717, 1.165) is 30.2 Å². The molecule has 0 aromatic heterocycles. The molecule has 2 aliphatic heterocycles. The first-order chi connectivity index (χ1) is 9.33. The van der Waals surface area contributed by atoms with Crippen LogP contribution >= 0.6 is 0 Å². The van der Waals surface area contributed by atoms with E-state index in [1.54, 1.807) is 14.2 Å². The van der Waals surface area contributed by atoms with Crippen molar-refractivity contribution in [3.8, 4) is 11.5 Å². The molecule has 1 aromatic rings. The fourth-order valence-electron chi connectivity index (χ4n) is 3.26. The molecule has 0 spiro atoms. The van der Waals surface area contributed by atoms with Gasteiger partial charge in [0.05, 0.1) is 19.9 Å². The Morgan fingerprint density at radius 3 is 2.63 bits per heavy atom. The Kier molecular flexibility index (Phi) is 3.51. The number of likely N-dealkylation sites (tertiary alicyclic amines) is 1. The van der Waals surface area contributed by atoms with Crippen LogP contribution in [0, 0.1) is 0 Å². The third-order valence-electron chi connectivity index (χ3n) is 4.22. The number of fused-ring (bicyclic) bond motifs is 1. The van der Waals surface area contributed by atoms with Crippen molar-refractivity contribution < 1.29 is 9.47 Å². The summed E-state index contributed by atoms with van der Waals surface area (Å²) >= 11 is 0. The van der Waals surface area contributed by atoms with Crippen LogP contribution in [-0.4, -0.2) is 38.8 Å². The van der Waals surface area contributed by atoms with Gasteiger partial charge in [-0.3, -0.25) is 4.90 Å². The van der Waals surface area contributed by atoms with Crippen molar-refractivity contribution in [1.82, 2.24) is 4.90 Å². The highest BCUT2D eigenvalue weighted by atomic mass is 16.5. The van der Waals surface area contributed by atoms with Crippen molar-refractivity contribution >= 4 is 5.69 Å². The Bertz CT molecular complexity index is 456. The molecule has 1 N–H and O–H groups in total. The topological polar surface area (TPSA) is 33.7 Å². The quantitative estimate of drug-likeness (QED) is 0.908. The van der Waals surface area contributed by atoms with Gasteiger partial charge in [-0.25, -0.2) is 0 Å². The summed E-state index contributed by atoms with van der Waals surface area (Å²) in [5.41, 5.74) is 2.47. The zero-order chi connectivity index (χ0) is 13.2. The first kappa shape index (κ1) is 12.6. The van der Waals surface area contributed by atoms with Crippen LogP contribution < -0.4 is 14.8 Å². The molecule has 2 aliphatic rings. The molecule has 1 unspecified atom stereocenters. The number of hydrogen-bond acceptors (Lipinski definition) is 4. The first-order valence-corrected chi connectivity index (χ1v) is 7.07. The van der Waals surface area contributed by atoms with Crippen LogP contribution in [0.5, 0.6) is 11.5 Å². The SMILES string of the molecule is COc1cc(OC)c2c(c1)C(N1CCCC1)CCN2. The standard InChI is InChI=1S/C15H22N2O2/c1-18-11-9-12-13(17-7-3-4-8-17)5-6-16-15(12)14(10-11)19-2/h9-10,13,16H,3-8H2,1-2H3. The molecule has 0 amide bonds. The minimum absolute atomic E-state index is 0.503. The van der Waals surface area contributed by atoms with Gasteiger partial charge < -0.3 is 14.8 Å². The van der Waals surface area contributed by atoms with Gasteiger partial charge in [0.25, 0.3) is 0 Å². The van der Waals surface area contributed by atoms with Crippen LogP contribution in [0.15, 0.2) is 12.1 Å². The predicted octanol–water partition coefficient (Wildman–Crippen LogP) is 2.66. The summed E-state index contributed by atoms with van der Waals surface area (Å²) in [7, 11) is 3.43. The van der Waals surface area contributed by atoms with E-state index in [0.29, 0.717) is 6.04 Å². The van der Waals surface area contributed by atoms with Gasteiger partial charge in [0, 0.05) is 18.7 Å². The van der Waals surface area contributed by atoms with E-state index < -0.39 is 0 Å². The molecule has 4 heteroatoms. The summed E-state index contributed by atoms with van der Waals surface area (Å²) in [6.07, 6.45) is 3.80. The molecular formula is C15H22N2O2. The van der Waals surface area contributed by atoms with Crippen LogP contribution in [0.3, 0.4) is 0 Å². The van der Waals surface area contributed by atoms with Crippen molar-refractivity contribution in [3.05, 3.63) is 17.7 Å². The highest BCUT2D eigenvalue weighted by molar-refractivity contribution is 5.67. The lowest BCUT2D eigenvalue weighted by atomic mass is 9.95. The van der Waals surface area contributed by atoms with E-state index >= 15 is 0 Å². The summed E-state index contributed by atoms with van der Waals surface area (Å²) < 4.78 is 10.9. The smallest absolute Gasteiger partial charge is 0.145 e. The first-order valence-electron chi connectivity index (χ1n) is 7.07. The maximum absolute atomic E-state index is 5.51. The lowest BCUT2D eigenvalue weighted by Gasteiger charge is -2.34. The highest BCUT2D eigenvalue weighted by Gasteiger charge is 2.30. The fraction of sp³-hybridized carbons (Fsp3) is 0.600. The summed E-state index contributed by atoms with van der Waals surface area (Å²) in [5, 5.41) is 3.48. The second kappa shape index (κ2) is 5.29. The number of hydrogen-bond donors (Lipinski definition) is 1. The Labute approximate surface area is 114 Å². The van der Waals surface area contributed by atoms with Crippen molar-refractivity contribution in [1.29, 1.82) is 0 Å². The molecule has 0 saturated carbocycles. The van der Waals surface area contributed by atoms with Crippen LogP contribution in [0.2, 0.25) is 0 Å². The number of methoxy groups -OCH3 is 2. The second-order valence-electron chi connectivity index (χ2n) is 5.27. The average Bonchev–Trinajstić information content (AvgIpc) is 2.99. The van der Waals surface area contributed by atoms with Gasteiger partial charge in [-0.15, -0.1) is 0 Å². The molecule has 19 heavy (non-hydrogen) atoms. The predicted molar refractivity (Wildman–Crippen MR) is 76.2 cm³/mol. The maximum atomic E-state index is 5.51. The molecule has 1 saturated heterocycles. The zero-order valence-corrected chi connectivity index (χ0v) is 11.7. The Morgan fingerprint density at radius 1 is 1.16 bits per heavy atom. The molecule has 1 fully saturated rings. The fourth-order valence-corrected chi connectivity index (χ4v) is 3.26. The van der Waals surface area contributed by atoms with E-state index in [4.69, 9.17) is 9.47 Å². The zero-order valence-electron chi connectivity index (χ0n) is 11.7. The van der Waals surface area contributed by atoms with Gasteiger partial charge in [-0.05, 0) is 44.0 Å². The van der Waals surface area contributed by atoms with Gasteiger partial charge >= 0.3 is 0 Å². The van der Waals surface area contributed by atoms with Gasteiger partial charge in [0.1, 0.15) is 11.5 Å². The minimum atomic E-state index is 0.503. The lowest BCUT2D eigenvalue weighted by Crippen LogP contribution is -2.31.